The minimum atomic E-state index is -0.209. The predicted molar refractivity (Wildman–Crippen MR) is 76.4 cm³/mol. The van der Waals surface area contributed by atoms with Crippen molar-refractivity contribution in [2.45, 2.75) is 6.42 Å². The smallest absolute Gasteiger partial charge is 0.257 e. The molecule has 1 aromatic heterocycles. The molecule has 0 radical (unpaired) electrons. The molecule has 0 aliphatic carbocycles. The second kappa shape index (κ2) is 6.31. The number of hydrogen-bond acceptors (Lipinski definition) is 3. The standard InChI is InChI=1S/C14H14ClN3O/c15-11-6-8-17-13(9-11)18-14(19)12-4-2-1-3-10(12)5-7-16/h1-4,6,8-9H,5,7,16H2,(H,17,18,19). The van der Waals surface area contributed by atoms with Crippen molar-refractivity contribution >= 4 is 23.3 Å². The zero-order valence-electron chi connectivity index (χ0n) is 10.3. The highest BCUT2D eigenvalue weighted by molar-refractivity contribution is 6.30. The average Bonchev–Trinajstić information content (AvgIpc) is 2.39. The number of nitrogens with zero attached hydrogens (tertiary/aromatic N) is 1. The van der Waals surface area contributed by atoms with E-state index in [1.807, 2.05) is 18.2 Å². The molecule has 4 nitrogen and oxygen atoms in total. The van der Waals surface area contributed by atoms with Crippen LogP contribution in [0.2, 0.25) is 5.02 Å². The van der Waals surface area contributed by atoms with Crippen LogP contribution in [0.3, 0.4) is 0 Å². The summed E-state index contributed by atoms with van der Waals surface area (Å²) in [6, 6.07) is 10.6. The van der Waals surface area contributed by atoms with Crippen molar-refractivity contribution < 1.29 is 4.79 Å². The first-order valence-corrected chi connectivity index (χ1v) is 6.29. The molecule has 19 heavy (non-hydrogen) atoms. The molecule has 5 heteroatoms. The number of benzene rings is 1. The number of halogens is 1. The first-order valence-electron chi connectivity index (χ1n) is 5.91. The fourth-order valence-electron chi connectivity index (χ4n) is 1.77. The van der Waals surface area contributed by atoms with Gasteiger partial charge in [0.1, 0.15) is 5.82 Å². The van der Waals surface area contributed by atoms with Crippen LogP contribution in [0.4, 0.5) is 5.82 Å². The summed E-state index contributed by atoms with van der Waals surface area (Å²) in [7, 11) is 0. The molecule has 1 heterocycles. The third kappa shape index (κ3) is 3.53. The topological polar surface area (TPSA) is 68.0 Å². The lowest BCUT2D eigenvalue weighted by Crippen LogP contribution is -2.16. The molecule has 0 saturated heterocycles. The molecule has 0 fully saturated rings. The van der Waals surface area contributed by atoms with E-state index in [0.29, 0.717) is 29.4 Å². The summed E-state index contributed by atoms with van der Waals surface area (Å²) in [4.78, 5) is 16.2. The normalized spacial score (nSPS) is 10.2. The van der Waals surface area contributed by atoms with Gasteiger partial charge in [-0.25, -0.2) is 4.98 Å². The zero-order chi connectivity index (χ0) is 13.7. The molecule has 2 aromatic rings. The quantitative estimate of drug-likeness (QED) is 0.901. The van der Waals surface area contributed by atoms with E-state index in [1.165, 1.54) is 0 Å². The first-order chi connectivity index (χ1) is 9.20. The second-order valence-electron chi connectivity index (χ2n) is 4.01. The third-order valence-electron chi connectivity index (χ3n) is 2.64. The molecule has 0 aliphatic heterocycles. The summed E-state index contributed by atoms with van der Waals surface area (Å²) in [6.07, 6.45) is 2.20. The fourth-order valence-corrected chi connectivity index (χ4v) is 1.93. The van der Waals surface area contributed by atoms with Gasteiger partial charge in [-0.3, -0.25) is 4.79 Å². The van der Waals surface area contributed by atoms with Crippen LogP contribution in [0, 0.1) is 0 Å². The molecule has 1 aromatic carbocycles. The van der Waals surface area contributed by atoms with Crippen molar-refractivity contribution in [3.8, 4) is 0 Å². The Balaban J connectivity index is 2.20. The zero-order valence-corrected chi connectivity index (χ0v) is 11.0. The predicted octanol–water partition coefficient (Wildman–Crippen LogP) is 2.49. The summed E-state index contributed by atoms with van der Waals surface area (Å²) in [6.45, 7) is 0.500. The van der Waals surface area contributed by atoms with Gasteiger partial charge >= 0.3 is 0 Å². The van der Waals surface area contributed by atoms with Crippen LogP contribution in [0.5, 0.6) is 0 Å². The number of hydrogen-bond donors (Lipinski definition) is 2. The Labute approximate surface area is 116 Å². The number of carbonyl (C=O) groups excluding carboxylic acids is 1. The third-order valence-corrected chi connectivity index (χ3v) is 2.87. The molecule has 0 spiro atoms. The van der Waals surface area contributed by atoms with Gasteiger partial charge in [0.05, 0.1) is 0 Å². The average molecular weight is 276 g/mol. The maximum Gasteiger partial charge on any atom is 0.257 e. The lowest BCUT2D eigenvalue weighted by molar-refractivity contribution is 0.102. The van der Waals surface area contributed by atoms with E-state index >= 15 is 0 Å². The molecule has 98 valence electrons. The van der Waals surface area contributed by atoms with Crippen LogP contribution in [0.25, 0.3) is 0 Å². The van der Waals surface area contributed by atoms with Crippen LogP contribution in [0.15, 0.2) is 42.6 Å². The van der Waals surface area contributed by atoms with Crippen molar-refractivity contribution in [1.29, 1.82) is 0 Å². The number of amides is 1. The number of aromatic nitrogens is 1. The van der Waals surface area contributed by atoms with Crippen molar-refractivity contribution in [1.82, 2.24) is 4.98 Å². The lowest BCUT2D eigenvalue weighted by atomic mass is 10.0. The van der Waals surface area contributed by atoms with Crippen LogP contribution in [-0.4, -0.2) is 17.4 Å². The van der Waals surface area contributed by atoms with E-state index in [-0.39, 0.29) is 5.91 Å². The molecule has 0 saturated carbocycles. The van der Waals surface area contributed by atoms with Gasteiger partial charge in [0.25, 0.3) is 5.91 Å². The number of carbonyl (C=O) groups is 1. The van der Waals surface area contributed by atoms with Gasteiger partial charge in [-0.1, -0.05) is 29.8 Å². The molecular formula is C14H14ClN3O. The van der Waals surface area contributed by atoms with E-state index in [9.17, 15) is 4.79 Å². The van der Waals surface area contributed by atoms with Crippen LogP contribution in [0.1, 0.15) is 15.9 Å². The van der Waals surface area contributed by atoms with E-state index in [2.05, 4.69) is 10.3 Å². The monoisotopic (exact) mass is 275 g/mol. The molecular weight excluding hydrogens is 262 g/mol. The minimum absolute atomic E-state index is 0.209. The molecule has 0 atom stereocenters. The maximum atomic E-state index is 12.2. The SMILES string of the molecule is NCCc1ccccc1C(=O)Nc1cc(Cl)ccn1. The Morgan fingerprint density at radius 2 is 2.11 bits per heavy atom. The number of anilines is 1. The van der Waals surface area contributed by atoms with Gasteiger partial charge in [-0.05, 0) is 36.7 Å². The molecule has 0 unspecified atom stereocenters. The first kappa shape index (κ1) is 13.5. The molecule has 2 rings (SSSR count). The molecule has 3 N–H and O–H groups in total. The Bertz CT molecular complexity index is 586. The van der Waals surface area contributed by atoms with Gasteiger partial charge in [0.2, 0.25) is 0 Å². The van der Waals surface area contributed by atoms with Gasteiger partial charge in [0.15, 0.2) is 0 Å². The second-order valence-corrected chi connectivity index (χ2v) is 4.45. The molecule has 0 aliphatic rings. The van der Waals surface area contributed by atoms with Gasteiger partial charge in [0, 0.05) is 16.8 Å². The lowest BCUT2D eigenvalue weighted by Gasteiger charge is -2.09. The Morgan fingerprint density at radius 1 is 1.32 bits per heavy atom. The van der Waals surface area contributed by atoms with Crippen molar-refractivity contribution in [3.05, 3.63) is 58.7 Å². The number of nitrogens with one attached hydrogen (secondary N) is 1. The van der Waals surface area contributed by atoms with Crippen LogP contribution >= 0.6 is 11.6 Å². The molecule has 1 amide bonds. The fraction of sp³-hybridized carbons (Fsp3) is 0.143. The van der Waals surface area contributed by atoms with E-state index in [4.69, 9.17) is 17.3 Å². The Morgan fingerprint density at radius 3 is 2.84 bits per heavy atom. The Kier molecular flexibility index (Phi) is 4.49. The minimum Gasteiger partial charge on any atom is -0.330 e. The number of pyridine rings is 1. The highest BCUT2D eigenvalue weighted by atomic mass is 35.5. The summed E-state index contributed by atoms with van der Waals surface area (Å²) < 4.78 is 0. The van der Waals surface area contributed by atoms with Crippen LogP contribution < -0.4 is 11.1 Å². The largest absolute Gasteiger partial charge is 0.330 e. The summed E-state index contributed by atoms with van der Waals surface area (Å²) in [5.74, 6) is 0.221. The van der Waals surface area contributed by atoms with Crippen molar-refractivity contribution in [2.75, 3.05) is 11.9 Å². The summed E-state index contributed by atoms with van der Waals surface area (Å²) in [5, 5.41) is 3.25. The summed E-state index contributed by atoms with van der Waals surface area (Å²) >= 11 is 5.85. The summed E-state index contributed by atoms with van der Waals surface area (Å²) in [5.41, 5.74) is 7.07. The van der Waals surface area contributed by atoms with E-state index in [1.54, 1.807) is 24.4 Å². The Hall–Kier alpha value is -1.91. The van der Waals surface area contributed by atoms with Crippen molar-refractivity contribution in [2.24, 2.45) is 5.73 Å². The van der Waals surface area contributed by atoms with Gasteiger partial charge in [-0.15, -0.1) is 0 Å². The molecule has 0 bridgehead atoms. The van der Waals surface area contributed by atoms with E-state index in [0.717, 1.165) is 5.56 Å². The van der Waals surface area contributed by atoms with E-state index < -0.39 is 0 Å². The number of nitrogens with two attached hydrogens (primary N) is 1. The van der Waals surface area contributed by atoms with Gasteiger partial charge < -0.3 is 11.1 Å². The highest BCUT2D eigenvalue weighted by Gasteiger charge is 2.11. The maximum absolute atomic E-state index is 12.2. The van der Waals surface area contributed by atoms with Crippen LogP contribution in [-0.2, 0) is 6.42 Å². The van der Waals surface area contributed by atoms with Crippen molar-refractivity contribution in [3.63, 3.8) is 0 Å². The number of rotatable bonds is 4. The van der Waals surface area contributed by atoms with Gasteiger partial charge in [-0.2, -0.15) is 0 Å². The highest BCUT2D eigenvalue weighted by Crippen LogP contribution is 2.15.